The number of hydrogen-bond donors (Lipinski definition) is 1. The number of Topliss-reactive ketones (excluding diaryl/α,β-unsaturated/α-hetero) is 1. The molecule has 0 bridgehead atoms. The van der Waals surface area contributed by atoms with Crippen LogP contribution in [0.4, 0.5) is 5.69 Å². The molecular weight excluding hydrogens is 258 g/mol. The van der Waals surface area contributed by atoms with Gasteiger partial charge in [0.05, 0.1) is 5.69 Å². The number of anilines is 1. The van der Waals surface area contributed by atoms with Crippen LogP contribution in [0.2, 0.25) is 0 Å². The molecule has 0 unspecified atom stereocenters. The number of amides is 1. The molecule has 2 aromatic rings. The predicted molar refractivity (Wildman–Crippen MR) is 69.8 cm³/mol. The highest BCUT2D eigenvalue weighted by atomic mass is 16.2. The summed E-state index contributed by atoms with van der Waals surface area (Å²) in [5.41, 5.74) is 0.891. The molecule has 0 saturated heterocycles. The summed E-state index contributed by atoms with van der Waals surface area (Å²) >= 11 is 0. The predicted octanol–water partition coefficient (Wildman–Crippen LogP) is 0.991. The average molecular weight is 269 g/mol. The zero-order chi connectivity index (χ0) is 14.5. The van der Waals surface area contributed by atoms with Gasteiger partial charge < -0.3 is 5.32 Å². The molecule has 0 radical (unpaired) electrons. The first-order valence-electron chi connectivity index (χ1n) is 5.79. The zero-order valence-electron chi connectivity index (χ0n) is 10.7. The minimum Gasteiger partial charge on any atom is -0.324 e. The third-order valence-electron chi connectivity index (χ3n) is 2.52. The number of carbonyl (C=O) groups excluding carboxylic acids is 2. The molecule has 20 heavy (non-hydrogen) atoms. The van der Waals surface area contributed by atoms with Crippen LogP contribution in [0.25, 0.3) is 0 Å². The SMILES string of the molecule is CC(=O)c1ccccc1NC(=O)Cn1cnc(C#N)n1. The molecule has 2 rings (SSSR count). The normalized spacial score (nSPS) is 9.80. The summed E-state index contributed by atoms with van der Waals surface area (Å²) in [6.07, 6.45) is 1.30. The van der Waals surface area contributed by atoms with Crippen molar-refractivity contribution >= 4 is 17.4 Å². The molecule has 1 amide bonds. The van der Waals surface area contributed by atoms with Gasteiger partial charge in [-0.2, -0.15) is 5.26 Å². The second kappa shape index (κ2) is 5.75. The summed E-state index contributed by atoms with van der Waals surface area (Å²) in [5, 5.41) is 15.0. The molecule has 0 spiro atoms. The molecule has 0 fully saturated rings. The number of nitrogens with one attached hydrogen (secondary N) is 1. The first kappa shape index (κ1) is 13.4. The van der Waals surface area contributed by atoms with Crippen LogP contribution in [0.5, 0.6) is 0 Å². The van der Waals surface area contributed by atoms with Crippen molar-refractivity contribution in [1.82, 2.24) is 14.8 Å². The molecule has 100 valence electrons. The third-order valence-corrected chi connectivity index (χ3v) is 2.52. The number of para-hydroxylation sites is 1. The number of rotatable bonds is 4. The van der Waals surface area contributed by atoms with Crippen molar-refractivity contribution in [3.05, 3.63) is 42.0 Å². The molecule has 1 N–H and O–H groups in total. The summed E-state index contributed by atoms with van der Waals surface area (Å²) in [7, 11) is 0. The van der Waals surface area contributed by atoms with E-state index < -0.39 is 0 Å². The molecule has 0 aliphatic heterocycles. The summed E-state index contributed by atoms with van der Waals surface area (Å²) < 4.78 is 1.25. The van der Waals surface area contributed by atoms with Crippen LogP contribution >= 0.6 is 0 Å². The quantitative estimate of drug-likeness (QED) is 0.834. The summed E-state index contributed by atoms with van der Waals surface area (Å²) in [5.74, 6) is -0.483. The highest BCUT2D eigenvalue weighted by Gasteiger charge is 2.10. The van der Waals surface area contributed by atoms with E-state index >= 15 is 0 Å². The maximum Gasteiger partial charge on any atom is 0.252 e. The third kappa shape index (κ3) is 3.05. The lowest BCUT2D eigenvalue weighted by Gasteiger charge is -2.08. The van der Waals surface area contributed by atoms with Crippen molar-refractivity contribution < 1.29 is 9.59 Å². The average Bonchev–Trinajstić information content (AvgIpc) is 2.86. The Labute approximate surface area is 114 Å². The first-order chi connectivity index (χ1) is 9.60. The van der Waals surface area contributed by atoms with Crippen LogP contribution in [-0.2, 0) is 11.3 Å². The van der Waals surface area contributed by atoms with Crippen molar-refractivity contribution in [3.63, 3.8) is 0 Å². The molecular formula is C13H11N5O2. The van der Waals surface area contributed by atoms with Crippen LogP contribution in [-0.4, -0.2) is 26.5 Å². The van der Waals surface area contributed by atoms with Crippen molar-refractivity contribution in [2.45, 2.75) is 13.5 Å². The highest BCUT2D eigenvalue weighted by Crippen LogP contribution is 2.15. The van der Waals surface area contributed by atoms with Gasteiger partial charge in [-0.05, 0) is 19.1 Å². The van der Waals surface area contributed by atoms with Gasteiger partial charge in [-0.15, -0.1) is 5.10 Å². The minimum absolute atomic E-state index is 0.00179. The minimum atomic E-state index is -0.354. The lowest BCUT2D eigenvalue weighted by atomic mass is 10.1. The van der Waals surface area contributed by atoms with E-state index in [1.165, 1.54) is 17.9 Å². The standard InChI is InChI=1S/C13H11N5O2/c1-9(19)10-4-2-3-5-11(10)16-13(20)7-18-8-15-12(6-14)17-18/h2-5,8H,7H2,1H3,(H,16,20). The smallest absolute Gasteiger partial charge is 0.252 e. The van der Waals surface area contributed by atoms with Crippen LogP contribution in [0.15, 0.2) is 30.6 Å². The van der Waals surface area contributed by atoms with Gasteiger partial charge >= 0.3 is 0 Å². The van der Waals surface area contributed by atoms with E-state index in [9.17, 15) is 9.59 Å². The Morgan fingerprint density at radius 3 is 2.80 bits per heavy atom. The van der Waals surface area contributed by atoms with E-state index in [-0.39, 0.29) is 24.1 Å². The molecule has 1 aromatic carbocycles. The van der Waals surface area contributed by atoms with Gasteiger partial charge in [-0.1, -0.05) is 12.1 Å². The number of benzene rings is 1. The van der Waals surface area contributed by atoms with Crippen LogP contribution < -0.4 is 5.32 Å². The Morgan fingerprint density at radius 1 is 1.40 bits per heavy atom. The lowest BCUT2D eigenvalue weighted by Crippen LogP contribution is -2.20. The number of carbonyl (C=O) groups is 2. The van der Waals surface area contributed by atoms with Crippen molar-refractivity contribution in [1.29, 1.82) is 5.26 Å². The molecule has 7 heteroatoms. The molecule has 0 aliphatic rings. The van der Waals surface area contributed by atoms with Crippen LogP contribution in [0, 0.1) is 11.3 Å². The molecule has 1 heterocycles. The van der Waals surface area contributed by atoms with Gasteiger partial charge in [-0.25, -0.2) is 9.67 Å². The Kier molecular flexibility index (Phi) is 3.86. The molecule has 0 aliphatic carbocycles. The molecule has 1 aromatic heterocycles. The van der Waals surface area contributed by atoms with Crippen molar-refractivity contribution in [2.24, 2.45) is 0 Å². The number of ketones is 1. The van der Waals surface area contributed by atoms with E-state index in [0.717, 1.165) is 0 Å². The highest BCUT2D eigenvalue weighted by molar-refractivity contribution is 6.03. The number of nitrogens with zero attached hydrogens (tertiary/aromatic N) is 4. The fourth-order valence-corrected chi connectivity index (χ4v) is 1.66. The molecule has 7 nitrogen and oxygen atoms in total. The van der Waals surface area contributed by atoms with Crippen molar-refractivity contribution in [3.8, 4) is 6.07 Å². The first-order valence-corrected chi connectivity index (χ1v) is 5.79. The maximum absolute atomic E-state index is 11.9. The number of nitriles is 1. The van der Waals surface area contributed by atoms with E-state index in [1.807, 2.05) is 0 Å². The monoisotopic (exact) mass is 269 g/mol. The number of hydrogen-bond acceptors (Lipinski definition) is 5. The summed E-state index contributed by atoms with van der Waals surface area (Å²) in [6.45, 7) is 1.35. The van der Waals surface area contributed by atoms with E-state index in [4.69, 9.17) is 5.26 Å². The van der Waals surface area contributed by atoms with Crippen LogP contribution in [0.1, 0.15) is 23.1 Å². The largest absolute Gasteiger partial charge is 0.324 e. The van der Waals surface area contributed by atoms with Crippen LogP contribution in [0.3, 0.4) is 0 Å². The Balaban J connectivity index is 2.09. The zero-order valence-corrected chi connectivity index (χ0v) is 10.7. The fourth-order valence-electron chi connectivity index (χ4n) is 1.66. The number of aromatic nitrogens is 3. The van der Waals surface area contributed by atoms with Crippen molar-refractivity contribution in [2.75, 3.05) is 5.32 Å². The van der Waals surface area contributed by atoms with Gasteiger partial charge in [0.25, 0.3) is 5.82 Å². The summed E-state index contributed by atoms with van der Waals surface area (Å²) in [6, 6.07) is 8.52. The topological polar surface area (TPSA) is 101 Å². The Hall–Kier alpha value is -3.01. The maximum atomic E-state index is 11.9. The lowest BCUT2D eigenvalue weighted by molar-refractivity contribution is -0.116. The Morgan fingerprint density at radius 2 is 2.15 bits per heavy atom. The van der Waals surface area contributed by atoms with Gasteiger partial charge in [0, 0.05) is 5.56 Å². The van der Waals surface area contributed by atoms with E-state index in [0.29, 0.717) is 11.3 Å². The molecule has 0 saturated carbocycles. The van der Waals surface area contributed by atoms with Gasteiger partial charge in [0.2, 0.25) is 5.91 Å². The second-order valence-electron chi connectivity index (χ2n) is 4.03. The van der Waals surface area contributed by atoms with Gasteiger partial charge in [-0.3, -0.25) is 9.59 Å². The van der Waals surface area contributed by atoms with Gasteiger partial charge in [0.1, 0.15) is 18.9 Å². The fraction of sp³-hybridized carbons (Fsp3) is 0.154. The van der Waals surface area contributed by atoms with E-state index in [1.54, 1.807) is 30.3 Å². The molecule has 0 atom stereocenters. The second-order valence-corrected chi connectivity index (χ2v) is 4.03. The Bertz CT molecular complexity index is 699. The summed E-state index contributed by atoms with van der Waals surface area (Å²) in [4.78, 5) is 27.0. The van der Waals surface area contributed by atoms with Gasteiger partial charge in [0.15, 0.2) is 5.78 Å². The van der Waals surface area contributed by atoms with E-state index in [2.05, 4.69) is 15.4 Å².